The van der Waals surface area contributed by atoms with Gasteiger partial charge in [0.05, 0.1) is 29.8 Å². The normalized spacial score (nSPS) is 17.6. The number of hydrogen-bond donors (Lipinski definition) is 0. The van der Waals surface area contributed by atoms with Gasteiger partial charge >= 0.3 is 0 Å². The SMILES string of the molecule is CCc1noc2ncc(C(=O)N3CCOC(c4ccc(F)cc4)C3)cc12. The average molecular weight is 355 g/mol. The lowest BCUT2D eigenvalue weighted by molar-refractivity contribution is -0.0228. The highest BCUT2D eigenvalue weighted by atomic mass is 19.1. The Hall–Kier alpha value is -2.80. The molecule has 1 unspecified atom stereocenters. The molecular formula is C19H18FN3O3. The molecular weight excluding hydrogens is 337 g/mol. The molecule has 1 atom stereocenters. The molecule has 4 rings (SSSR count). The van der Waals surface area contributed by atoms with Gasteiger partial charge in [0.25, 0.3) is 11.6 Å². The Labute approximate surface area is 149 Å². The molecule has 1 aliphatic rings. The van der Waals surface area contributed by atoms with E-state index < -0.39 is 0 Å². The Kier molecular flexibility index (Phi) is 4.38. The number of fused-ring (bicyclic) bond motifs is 1. The Morgan fingerprint density at radius 1 is 1.35 bits per heavy atom. The van der Waals surface area contributed by atoms with Crippen molar-refractivity contribution in [1.82, 2.24) is 15.0 Å². The molecule has 26 heavy (non-hydrogen) atoms. The zero-order chi connectivity index (χ0) is 18.1. The monoisotopic (exact) mass is 355 g/mol. The maximum Gasteiger partial charge on any atom is 0.257 e. The van der Waals surface area contributed by atoms with Crippen LogP contribution in [0, 0.1) is 5.82 Å². The Morgan fingerprint density at radius 3 is 2.92 bits per heavy atom. The van der Waals surface area contributed by atoms with Crippen LogP contribution in [0.15, 0.2) is 41.1 Å². The number of carbonyl (C=O) groups excluding carboxylic acids is 1. The number of hydrogen-bond acceptors (Lipinski definition) is 5. The van der Waals surface area contributed by atoms with E-state index in [1.165, 1.54) is 18.3 Å². The van der Waals surface area contributed by atoms with E-state index in [0.29, 0.717) is 37.4 Å². The Morgan fingerprint density at radius 2 is 2.15 bits per heavy atom. The molecule has 0 aliphatic carbocycles. The number of ether oxygens (including phenoxy) is 1. The highest BCUT2D eigenvalue weighted by Gasteiger charge is 2.27. The summed E-state index contributed by atoms with van der Waals surface area (Å²) >= 11 is 0. The van der Waals surface area contributed by atoms with E-state index >= 15 is 0 Å². The second-order valence-corrected chi connectivity index (χ2v) is 6.22. The molecule has 0 spiro atoms. The number of benzene rings is 1. The predicted octanol–water partition coefficient (Wildman–Crippen LogP) is 3.14. The number of rotatable bonds is 3. The third-order valence-electron chi connectivity index (χ3n) is 4.58. The van der Waals surface area contributed by atoms with Gasteiger partial charge in [-0.3, -0.25) is 4.79 Å². The molecule has 134 valence electrons. The number of halogens is 1. The molecule has 1 aromatic carbocycles. The first kappa shape index (κ1) is 16.7. The van der Waals surface area contributed by atoms with Crippen molar-refractivity contribution in [3.8, 4) is 0 Å². The quantitative estimate of drug-likeness (QED) is 0.722. The highest BCUT2D eigenvalue weighted by Crippen LogP contribution is 2.25. The smallest absolute Gasteiger partial charge is 0.257 e. The fourth-order valence-corrected chi connectivity index (χ4v) is 3.15. The zero-order valence-electron chi connectivity index (χ0n) is 14.3. The lowest BCUT2D eigenvalue weighted by Crippen LogP contribution is -2.42. The molecule has 0 radical (unpaired) electrons. The van der Waals surface area contributed by atoms with Crippen LogP contribution in [0.5, 0.6) is 0 Å². The second kappa shape index (κ2) is 6.84. The van der Waals surface area contributed by atoms with Crippen LogP contribution in [0.3, 0.4) is 0 Å². The number of carbonyl (C=O) groups is 1. The maximum absolute atomic E-state index is 13.1. The Balaban J connectivity index is 1.56. The molecule has 6 nitrogen and oxygen atoms in total. The number of nitrogens with zero attached hydrogens (tertiary/aromatic N) is 3. The van der Waals surface area contributed by atoms with E-state index in [0.717, 1.165) is 16.6 Å². The highest BCUT2D eigenvalue weighted by molar-refractivity contribution is 5.97. The third kappa shape index (κ3) is 3.06. The van der Waals surface area contributed by atoms with Gasteiger partial charge in [-0.05, 0) is 30.2 Å². The van der Waals surface area contributed by atoms with Crippen LogP contribution in [0.25, 0.3) is 11.1 Å². The maximum atomic E-state index is 13.1. The van der Waals surface area contributed by atoms with Crippen molar-refractivity contribution in [2.24, 2.45) is 0 Å². The summed E-state index contributed by atoms with van der Waals surface area (Å²) in [6.45, 7) is 3.31. The average Bonchev–Trinajstić information content (AvgIpc) is 3.10. The summed E-state index contributed by atoms with van der Waals surface area (Å²) in [7, 11) is 0. The fraction of sp³-hybridized carbons (Fsp3) is 0.316. The summed E-state index contributed by atoms with van der Waals surface area (Å²) in [4.78, 5) is 18.9. The van der Waals surface area contributed by atoms with Crippen LogP contribution < -0.4 is 0 Å². The topological polar surface area (TPSA) is 68.5 Å². The van der Waals surface area contributed by atoms with Crippen molar-refractivity contribution in [3.05, 3.63) is 59.2 Å². The van der Waals surface area contributed by atoms with E-state index in [1.54, 1.807) is 23.1 Å². The van der Waals surface area contributed by atoms with Crippen LogP contribution in [0.1, 0.15) is 34.6 Å². The molecule has 3 heterocycles. The number of aromatic nitrogens is 2. The minimum absolute atomic E-state index is 0.113. The van der Waals surface area contributed by atoms with Gasteiger partial charge in [0.1, 0.15) is 11.9 Å². The van der Waals surface area contributed by atoms with E-state index in [1.807, 2.05) is 6.92 Å². The van der Waals surface area contributed by atoms with Crippen molar-refractivity contribution < 1.29 is 18.4 Å². The fourth-order valence-electron chi connectivity index (χ4n) is 3.15. The van der Waals surface area contributed by atoms with Gasteiger partial charge in [-0.25, -0.2) is 9.37 Å². The van der Waals surface area contributed by atoms with E-state index in [9.17, 15) is 9.18 Å². The largest absolute Gasteiger partial charge is 0.370 e. The summed E-state index contributed by atoms with van der Waals surface area (Å²) in [5.74, 6) is -0.407. The predicted molar refractivity (Wildman–Crippen MR) is 92.2 cm³/mol. The van der Waals surface area contributed by atoms with Crippen LogP contribution in [-0.2, 0) is 11.2 Å². The van der Waals surface area contributed by atoms with Crippen LogP contribution in [0.4, 0.5) is 4.39 Å². The summed E-state index contributed by atoms with van der Waals surface area (Å²) in [6, 6.07) is 7.95. The molecule has 0 saturated carbocycles. The van der Waals surface area contributed by atoms with Gasteiger partial charge < -0.3 is 14.2 Å². The molecule has 1 amide bonds. The minimum atomic E-state index is -0.294. The van der Waals surface area contributed by atoms with Crippen LogP contribution in [0.2, 0.25) is 0 Å². The van der Waals surface area contributed by atoms with Crippen molar-refractivity contribution in [2.45, 2.75) is 19.4 Å². The first-order valence-corrected chi connectivity index (χ1v) is 8.56. The summed E-state index contributed by atoms with van der Waals surface area (Å²) in [5.41, 5.74) is 2.57. The molecule has 0 bridgehead atoms. The summed E-state index contributed by atoms with van der Waals surface area (Å²) in [6.07, 6.45) is 1.94. The van der Waals surface area contributed by atoms with E-state index in [-0.39, 0.29) is 17.8 Å². The van der Waals surface area contributed by atoms with Gasteiger partial charge in [-0.1, -0.05) is 24.2 Å². The number of aryl methyl sites for hydroxylation is 1. The van der Waals surface area contributed by atoms with E-state index in [4.69, 9.17) is 9.26 Å². The standard InChI is InChI=1S/C19H18FN3O3/c1-2-16-15-9-13(10-21-18(15)26-22-16)19(24)23-7-8-25-17(11-23)12-3-5-14(20)6-4-12/h3-6,9-10,17H,2,7-8,11H2,1H3. The van der Waals surface area contributed by atoms with Crippen molar-refractivity contribution in [2.75, 3.05) is 19.7 Å². The molecule has 1 fully saturated rings. The molecule has 2 aromatic heterocycles. The molecule has 7 heteroatoms. The van der Waals surface area contributed by atoms with Crippen molar-refractivity contribution >= 4 is 17.0 Å². The van der Waals surface area contributed by atoms with Crippen LogP contribution in [-0.4, -0.2) is 40.6 Å². The minimum Gasteiger partial charge on any atom is -0.370 e. The van der Waals surface area contributed by atoms with Gasteiger partial charge in [-0.2, -0.15) is 0 Å². The molecule has 1 saturated heterocycles. The molecule has 0 N–H and O–H groups in total. The molecule has 3 aromatic rings. The number of morpholine rings is 1. The first-order valence-electron chi connectivity index (χ1n) is 8.56. The van der Waals surface area contributed by atoms with Gasteiger partial charge in [0.2, 0.25) is 0 Å². The van der Waals surface area contributed by atoms with Gasteiger partial charge in [0.15, 0.2) is 0 Å². The third-order valence-corrected chi connectivity index (χ3v) is 4.58. The zero-order valence-corrected chi connectivity index (χ0v) is 14.3. The lowest BCUT2D eigenvalue weighted by atomic mass is 10.1. The summed E-state index contributed by atoms with van der Waals surface area (Å²) in [5, 5.41) is 4.74. The van der Waals surface area contributed by atoms with Crippen molar-refractivity contribution in [1.29, 1.82) is 0 Å². The number of amides is 1. The second-order valence-electron chi connectivity index (χ2n) is 6.22. The number of pyridine rings is 1. The van der Waals surface area contributed by atoms with Crippen molar-refractivity contribution in [3.63, 3.8) is 0 Å². The molecule has 1 aliphatic heterocycles. The lowest BCUT2D eigenvalue weighted by Gasteiger charge is -2.33. The van der Waals surface area contributed by atoms with Gasteiger partial charge in [-0.15, -0.1) is 0 Å². The summed E-state index contributed by atoms with van der Waals surface area (Å²) < 4.78 is 24.0. The van der Waals surface area contributed by atoms with E-state index in [2.05, 4.69) is 10.1 Å². The van der Waals surface area contributed by atoms with Crippen LogP contribution >= 0.6 is 0 Å². The van der Waals surface area contributed by atoms with Gasteiger partial charge in [0, 0.05) is 12.7 Å². The Bertz CT molecular complexity index is 939. The first-order chi connectivity index (χ1) is 12.7.